The van der Waals surface area contributed by atoms with Gasteiger partial charge in [-0.05, 0) is 13.0 Å². The SMILES string of the molecule is C/C=C(O)\C(=N/SN)C(C)(C)C. The van der Waals surface area contributed by atoms with Crippen molar-refractivity contribution in [3.05, 3.63) is 11.8 Å². The summed E-state index contributed by atoms with van der Waals surface area (Å²) in [7, 11) is 0. The summed E-state index contributed by atoms with van der Waals surface area (Å²) < 4.78 is 3.96. The van der Waals surface area contributed by atoms with Crippen LogP contribution in [0.25, 0.3) is 0 Å². The predicted octanol–water partition coefficient (Wildman–Crippen LogP) is 2.46. The van der Waals surface area contributed by atoms with E-state index in [-0.39, 0.29) is 11.2 Å². The molecule has 0 aliphatic rings. The van der Waals surface area contributed by atoms with E-state index in [0.717, 1.165) is 12.1 Å². The molecule has 0 aromatic rings. The van der Waals surface area contributed by atoms with E-state index in [2.05, 4.69) is 4.40 Å². The summed E-state index contributed by atoms with van der Waals surface area (Å²) in [6.45, 7) is 7.68. The van der Waals surface area contributed by atoms with E-state index in [0.29, 0.717) is 5.71 Å². The maximum Gasteiger partial charge on any atom is 0.134 e. The number of hydrogen-bond donors (Lipinski definition) is 2. The fraction of sp³-hybridized carbons (Fsp3) is 0.625. The average molecular weight is 188 g/mol. The van der Waals surface area contributed by atoms with Gasteiger partial charge in [-0.3, -0.25) is 5.14 Å². The summed E-state index contributed by atoms with van der Waals surface area (Å²) in [5.74, 6) is 0.195. The smallest absolute Gasteiger partial charge is 0.134 e. The molecule has 0 aromatic heterocycles. The van der Waals surface area contributed by atoms with Gasteiger partial charge in [0.15, 0.2) is 0 Å². The van der Waals surface area contributed by atoms with Crippen LogP contribution < -0.4 is 5.14 Å². The first-order valence-electron chi connectivity index (χ1n) is 3.73. The summed E-state index contributed by atoms with van der Waals surface area (Å²) in [5, 5.41) is 14.7. The molecule has 0 saturated carbocycles. The lowest BCUT2D eigenvalue weighted by Gasteiger charge is -2.19. The average Bonchev–Trinajstić information content (AvgIpc) is 1.96. The van der Waals surface area contributed by atoms with Crippen LogP contribution >= 0.6 is 12.1 Å². The van der Waals surface area contributed by atoms with Crippen molar-refractivity contribution in [1.29, 1.82) is 0 Å². The van der Waals surface area contributed by atoms with E-state index in [1.807, 2.05) is 20.8 Å². The third-order valence-corrected chi connectivity index (χ3v) is 1.66. The summed E-state index contributed by atoms with van der Waals surface area (Å²) in [6, 6.07) is 0. The highest BCUT2D eigenvalue weighted by Crippen LogP contribution is 2.21. The Kier molecular flexibility index (Phi) is 4.34. The zero-order valence-electron chi connectivity index (χ0n) is 7.96. The molecule has 3 N–H and O–H groups in total. The quantitative estimate of drug-likeness (QED) is 0.397. The van der Waals surface area contributed by atoms with Crippen molar-refractivity contribution in [2.45, 2.75) is 27.7 Å². The van der Waals surface area contributed by atoms with Crippen LogP contribution in [0.3, 0.4) is 0 Å². The number of allylic oxidation sites excluding steroid dienone is 2. The zero-order chi connectivity index (χ0) is 9.78. The number of aliphatic hydroxyl groups is 1. The van der Waals surface area contributed by atoms with E-state index in [1.165, 1.54) is 0 Å². The van der Waals surface area contributed by atoms with Crippen molar-refractivity contribution in [2.75, 3.05) is 0 Å². The molecular weight excluding hydrogens is 172 g/mol. The second kappa shape index (κ2) is 4.52. The topological polar surface area (TPSA) is 58.6 Å². The van der Waals surface area contributed by atoms with Gasteiger partial charge in [0, 0.05) is 5.41 Å². The lowest BCUT2D eigenvalue weighted by molar-refractivity contribution is 0.425. The molecule has 0 rings (SSSR count). The fourth-order valence-corrected chi connectivity index (χ4v) is 1.23. The molecule has 0 amide bonds. The monoisotopic (exact) mass is 188 g/mol. The Morgan fingerprint density at radius 3 is 2.25 bits per heavy atom. The number of hydrogen-bond acceptors (Lipinski definition) is 4. The van der Waals surface area contributed by atoms with Crippen LogP contribution in [0.15, 0.2) is 16.2 Å². The van der Waals surface area contributed by atoms with E-state index >= 15 is 0 Å². The van der Waals surface area contributed by atoms with Crippen molar-refractivity contribution in [1.82, 2.24) is 0 Å². The summed E-state index contributed by atoms with van der Waals surface area (Å²) in [4.78, 5) is 0. The first-order valence-corrected chi connectivity index (χ1v) is 4.57. The molecule has 0 aliphatic heterocycles. The Bertz CT molecular complexity index is 204. The Morgan fingerprint density at radius 1 is 1.50 bits per heavy atom. The minimum atomic E-state index is -0.178. The van der Waals surface area contributed by atoms with E-state index in [4.69, 9.17) is 5.14 Å². The normalized spacial score (nSPS) is 15.1. The summed E-state index contributed by atoms with van der Waals surface area (Å²) in [5.41, 5.74) is 0.445. The van der Waals surface area contributed by atoms with Gasteiger partial charge in [-0.1, -0.05) is 20.8 Å². The Hall–Kier alpha value is -0.480. The second-order valence-corrected chi connectivity index (χ2v) is 3.86. The number of nitrogens with two attached hydrogens (primary N) is 1. The molecule has 4 heteroatoms. The molecule has 0 heterocycles. The van der Waals surface area contributed by atoms with Crippen LogP contribution in [0.4, 0.5) is 0 Å². The lowest BCUT2D eigenvalue weighted by atomic mass is 9.89. The molecule has 0 aliphatic carbocycles. The third kappa shape index (κ3) is 3.28. The van der Waals surface area contributed by atoms with Crippen molar-refractivity contribution in [2.24, 2.45) is 15.0 Å². The van der Waals surface area contributed by atoms with Crippen LogP contribution in [0.1, 0.15) is 27.7 Å². The van der Waals surface area contributed by atoms with E-state index in [1.54, 1.807) is 13.0 Å². The van der Waals surface area contributed by atoms with Gasteiger partial charge in [-0.25, -0.2) is 4.40 Å². The van der Waals surface area contributed by atoms with E-state index < -0.39 is 0 Å². The minimum Gasteiger partial charge on any atom is -0.506 e. The van der Waals surface area contributed by atoms with Gasteiger partial charge in [0.05, 0.1) is 17.8 Å². The molecule has 0 aromatic carbocycles. The first-order chi connectivity index (χ1) is 5.43. The lowest BCUT2D eigenvalue weighted by Crippen LogP contribution is -2.22. The standard InChI is InChI=1S/C8H16N2OS/c1-5-6(11)7(10-12-9)8(2,3)4/h5,11H,9H2,1-4H3/b6-5+,10-7+. The number of rotatable bonds is 2. The van der Waals surface area contributed by atoms with Gasteiger partial charge >= 0.3 is 0 Å². The summed E-state index contributed by atoms with van der Waals surface area (Å²) in [6.07, 6.45) is 1.61. The molecule has 0 spiro atoms. The van der Waals surface area contributed by atoms with Crippen molar-refractivity contribution in [3.8, 4) is 0 Å². The zero-order valence-corrected chi connectivity index (χ0v) is 8.77. The second-order valence-electron chi connectivity index (χ2n) is 3.47. The van der Waals surface area contributed by atoms with Crippen LogP contribution in [0.2, 0.25) is 0 Å². The molecule has 0 bridgehead atoms. The van der Waals surface area contributed by atoms with Gasteiger partial charge in [0.2, 0.25) is 0 Å². The Balaban J connectivity index is 4.82. The minimum absolute atomic E-state index is 0.178. The Labute approximate surface area is 78.0 Å². The van der Waals surface area contributed by atoms with Crippen molar-refractivity contribution in [3.63, 3.8) is 0 Å². The van der Waals surface area contributed by atoms with Crippen LogP contribution in [-0.2, 0) is 0 Å². The summed E-state index contributed by atoms with van der Waals surface area (Å²) >= 11 is 0.867. The van der Waals surface area contributed by atoms with Crippen molar-refractivity contribution >= 4 is 17.8 Å². The maximum atomic E-state index is 9.45. The Morgan fingerprint density at radius 2 is 2.00 bits per heavy atom. The largest absolute Gasteiger partial charge is 0.506 e. The van der Waals surface area contributed by atoms with Crippen LogP contribution in [0, 0.1) is 5.41 Å². The fourth-order valence-electron chi connectivity index (χ4n) is 0.757. The van der Waals surface area contributed by atoms with Crippen molar-refractivity contribution < 1.29 is 5.11 Å². The van der Waals surface area contributed by atoms with Crippen LogP contribution in [-0.4, -0.2) is 10.8 Å². The highest BCUT2D eigenvalue weighted by Gasteiger charge is 2.21. The highest BCUT2D eigenvalue weighted by atomic mass is 32.2. The molecular formula is C8H16N2OS. The molecule has 12 heavy (non-hydrogen) atoms. The molecule has 0 radical (unpaired) electrons. The first kappa shape index (κ1) is 11.5. The predicted molar refractivity (Wildman–Crippen MR) is 55.1 cm³/mol. The van der Waals surface area contributed by atoms with Gasteiger partial charge < -0.3 is 5.11 Å². The van der Waals surface area contributed by atoms with Gasteiger partial charge in [0.1, 0.15) is 5.76 Å². The molecule has 0 atom stereocenters. The molecule has 0 fully saturated rings. The van der Waals surface area contributed by atoms with Gasteiger partial charge in [-0.2, -0.15) is 0 Å². The van der Waals surface area contributed by atoms with Crippen LogP contribution in [0.5, 0.6) is 0 Å². The van der Waals surface area contributed by atoms with Gasteiger partial charge in [-0.15, -0.1) is 0 Å². The highest BCUT2D eigenvalue weighted by molar-refractivity contribution is 7.95. The number of aliphatic hydroxyl groups excluding tert-OH is 1. The molecule has 0 saturated heterocycles. The third-order valence-electron chi connectivity index (χ3n) is 1.37. The molecule has 0 unspecified atom stereocenters. The maximum absolute atomic E-state index is 9.45. The molecule has 3 nitrogen and oxygen atoms in total. The number of nitrogens with zero attached hydrogens (tertiary/aromatic N) is 1. The van der Waals surface area contributed by atoms with E-state index in [9.17, 15) is 5.11 Å². The molecule has 70 valence electrons. The van der Waals surface area contributed by atoms with Gasteiger partial charge in [0.25, 0.3) is 0 Å².